The zero-order valence-electron chi connectivity index (χ0n) is 57.3. The summed E-state index contributed by atoms with van der Waals surface area (Å²) in [5.74, 6) is -1.85. The maximum absolute atomic E-state index is 10.7. The Hall–Kier alpha value is -5.65. The molecule has 10 rings (SSSR count). The molecule has 7 aliphatic rings. The first-order valence-electron chi connectivity index (χ1n) is 32.4. The molecule has 0 radical (unpaired) electrons. The molecule has 7 aliphatic heterocycles. The van der Waals surface area contributed by atoms with Crippen LogP contribution in [0, 0.1) is 0 Å². The van der Waals surface area contributed by atoms with E-state index in [1.54, 1.807) is 0 Å². The van der Waals surface area contributed by atoms with Crippen LogP contribution >= 0.6 is 0 Å². The van der Waals surface area contributed by atoms with Gasteiger partial charge in [-0.05, 0) is 57.7 Å². The third-order valence-electron chi connectivity index (χ3n) is 13.1. The van der Waals surface area contributed by atoms with E-state index in [2.05, 4.69) is 120 Å². The van der Waals surface area contributed by atoms with Crippen LogP contribution in [0.25, 0.3) is 0 Å². The molecule has 0 bridgehead atoms. The summed E-state index contributed by atoms with van der Waals surface area (Å²) in [6.07, 6.45) is 9.37. The van der Waals surface area contributed by atoms with Gasteiger partial charge in [-0.1, -0.05) is 130 Å². The minimum atomic E-state index is -1.01. The number of halogens is 1. The smallest absolute Gasteiger partial charge is 0.374 e. The molecule has 9 atom stereocenters. The fraction of sp³-hybridized carbons (Fsp3) is 0.583. The van der Waals surface area contributed by atoms with Crippen LogP contribution in [0.5, 0.6) is 0 Å². The van der Waals surface area contributed by atoms with Gasteiger partial charge in [0.2, 0.25) is 0 Å². The lowest BCUT2D eigenvalue weighted by Gasteiger charge is -2.21. The van der Waals surface area contributed by atoms with Crippen LogP contribution in [-0.2, 0) is 115 Å². The summed E-state index contributed by atoms with van der Waals surface area (Å²) < 4.78 is 98.7. The number of methoxy groups -OCH3 is 1. The number of hydrogen-bond donors (Lipinski definition) is 0. The fourth-order valence-corrected chi connectivity index (χ4v) is 7.67. The van der Waals surface area contributed by atoms with E-state index in [-0.39, 0.29) is 30.4 Å². The highest BCUT2D eigenvalue weighted by molar-refractivity contribution is 5.86. The Labute approximate surface area is 564 Å². The van der Waals surface area contributed by atoms with Gasteiger partial charge in [-0.25, -0.2) is 14.5 Å². The Kier molecular flexibility index (Phi) is 46.2. The van der Waals surface area contributed by atoms with Crippen molar-refractivity contribution in [3.8, 4) is 0 Å². The third kappa shape index (κ3) is 50.4. The first-order chi connectivity index (χ1) is 46.0. The van der Waals surface area contributed by atoms with Crippen molar-refractivity contribution in [2.24, 2.45) is 0 Å². The van der Waals surface area contributed by atoms with Crippen molar-refractivity contribution in [1.82, 2.24) is 9.80 Å². The van der Waals surface area contributed by atoms with Crippen molar-refractivity contribution in [3.05, 3.63) is 171 Å². The molecule has 3 aromatic rings. The molecular formula is C72H109FN2O20. The molecule has 0 amide bonds. The van der Waals surface area contributed by atoms with Crippen molar-refractivity contribution in [1.29, 1.82) is 0 Å². The van der Waals surface area contributed by atoms with Gasteiger partial charge in [0, 0.05) is 62.1 Å². The van der Waals surface area contributed by atoms with Crippen molar-refractivity contribution in [2.75, 3.05) is 146 Å². The molecule has 22 nitrogen and oxygen atoms in total. The number of carbonyl (C=O) groups is 2. The Morgan fingerprint density at radius 2 is 1.00 bits per heavy atom. The summed E-state index contributed by atoms with van der Waals surface area (Å²) in [5, 5.41) is 0. The highest BCUT2D eigenvalue weighted by Gasteiger charge is 2.33. The summed E-state index contributed by atoms with van der Waals surface area (Å²) >= 11 is 0. The van der Waals surface area contributed by atoms with Gasteiger partial charge in [0.1, 0.15) is 37.1 Å². The quantitative estimate of drug-likeness (QED) is 0.00984. The number of esters is 1. The van der Waals surface area contributed by atoms with E-state index in [1.807, 2.05) is 70.2 Å². The molecule has 95 heavy (non-hydrogen) atoms. The predicted molar refractivity (Wildman–Crippen MR) is 358 cm³/mol. The molecule has 0 N–H and O–H groups in total. The van der Waals surface area contributed by atoms with E-state index in [1.165, 1.54) is 37.0 Å². The Morgan fingerprint density at radius 3 is 1.38 bits per heavy atom. The largest absolute Gasteiger partial charge is 0.499 e. The molecule has 0 aliphatic carbocycles. The lowest BCUT2D eigenvalue weighted by Crippen LogP contribution is -2.28. The van der Waals surface area contributed by atoms with Crippen LogP contribution in [0.1, 0.15) is 64.7 Å². The van der Waals surface area contributed by atoms with E-state index in [0.29, 0.717) is 103 Å². The van der Waals surface area contributed by atoms with Crippen LogP contribution in [0.3, 0.4) is 0 Å². The van der Waals surface area contributed by atoms with Crippen molar-refractivity contribution < 1.29 is 99.6 Å². The van der Waals surface area contributed by atoms with Gasteiger partial charge in [0.25, 0.3) is 0 Å². The first-order valence-corrected chi connectivity index (χ1v) is 32.4. The van der Waals surface area contributed by atoms with Crippen molar-refractivity contribution in [2.45, 2.75) is 129 Å². The van der Waals surface area contributed by atoms with E-state index < -0.39 is 17.7 Å². The zero-order chi connectivity index (χ0) is 69.2. The second-order valence-electron chi connectivity index (χ2n) is 22.7. The standard InChI is InChI=1S/C17H19NO.C14H20O4.C9H15NO.C9H16O4.C8H16O3.C7H12O3.C4H5FO2.C4H6O2/c1-3-7-15(8-4-1)11-18(13-17-14-19-17)12-16-9-5-2-6-10-16;1-12(17-10-14-11-18-14)16-8-7-15-9-13-5-3-2-4-6-13;1-3-5-10(6-4-2)7-9-8-11-9;1-9(2)12-6-8(13-9)4-10-3-7-5-11-7;1-3-4-9-7(2)10-5-8-6-11-8;1-2-8-3-4-9-5-7-6-10-7;1-3(2)4(6)7-5;1-3-4(5)6-2/h1-10,17H,11-14H2;2-6,12,14H,7-11H2,1H3;3-4,9H,1-2,5-8H2;7-8H,3-6H2,1-2H3;7-8H,3-6H2,1-2H3;2,7H,1,3-6H2;1H2,2H3;3H,1H2,2H3. The number of ether oxygens (including phenoxy) is 17. The second kappa shape index (κ2) is 52.5. The molecule has 0 saturated carbocycles. The normalized spacial score (nSPS) is 21.0. The van der Waals surface area contributed by atoms with Crippen LogP contribution in [0.2, 0.25) is 0 Å². The van der Waals surface area contributed by atoms with Crippen LogP contribution < -0.4 is 0 Å². The van der Waals surface area contributed by atoms with Crippen LogP contribution in [0.15, 0.2) is 154 Å². The SMILES string of the molecule is C=C(C)C(=O)OF.C=CC(=O)OC.C=CCN(CC=C)CC1CO1.C=COCCOCC1CO1.CC(OCCOCc1ccccc1)OCC1CO1.CC1(C)OCC(COCC2CO2)O1.CCCOC(C)OCC1CO1.c1ccc(CN(Cc2ccccc2)CC2CO2)cc1. The number of rotatable bonds is 39. The number of carbonyl (C=O) groups excluding carboxylic acids is 2. The lowest BCUT2D eigenvalue weighted by molar-refractivity contribution is -0.178. The molecule has 7 heterocycles. The van der Waals surface area contributed by atoms with Gasteiger partial charge in [0.15, 0.2) is 18.4 Å². The monoisotopic (exact) mass is 1340 g/mol. The van der Waals surface area contributed by atoms with Gasteiger partial charge in [-0.15, -0.1) is 13.2 Å². The minimum Gasteiger partial charge on any atom is -0.499 e. The summed E-state index contributed by atoms with van der Waals surface area (Å²) in [5.41, 5.74) is 3.95. The first kappa shape index (κ1) is 83.6. The number of epoxide rings is 6. The van der Waals surface area contributed by atoms with E-state index in [9.17, 15) is 14.1 Å². The lowest BCUT2D eigenvalue weighted by atomic mass is 10.1. The van der Waals surface area contributed by atoms with Gasteiger partial charge in [-0.3, -0.25) is 9.80 Å². The topological polar surface area (TPSA) is 227 Å². The van der Waals surface area contributed by atoms with Gasteiger partial charge < -0.3 is 80.5 Å². The number of nitrogens with zero attached hydrogens (tertiary/aromatic N) is 2. The maximum Gasteiger partial charge on any atom is 0.374 e. The van der Waals surface area contributed by atoms with Crippen LogP contribution in [-0.4, -0.2) is 228 Å². The average molecular weight is 1340 g/mol. The number of benzene rings is 3. The number of hydrogen-bond acceptors (Lipinski definition) is 22. The molecule has 7 fully saturated rings. The molecule has 534 valence electrons. The predicted octanol–water partition coefficient (Wildman–Crippen LogP) is 9.75. The summed E-state index contributed by atoms with van der Waals surface area (Å²) in [4.78, 5) is 27.2. The van der Waals surface area contributed by atoms with Gasteiger partial charge >= 0.3 is 11.9 Å². The molecule has 23 heteroatoms. The second-order valence-corrected chi connectivity index (χ2v) is 22.7. The molecule has 9 unspecified atom stereocenters. The van der Waals surface area contributed by atoms with E-state index in [0.717, 1.165) is 98.0 Å². The fourth-order valence-electron chi connectivity index (χ4n) is 7.67. The van der Waals surface area contributed by atoms with E-state index in [4.69, 9.17) is 75.8 Å². The average Bonchev–Trinajstić information content (AvgIpc) is 1.86. The summed E-state index contributed by atoms with van der Waals surface area (Å²) in [7, 11) is 1.31. The Morgan fingerprint density at radius 1 is 0.568 bits per heavy atom. The Balaban J connectivity index is 0.000000290. The van der Waals surface area contributed by atoms with Gasteiger partial charge in [-0.2, -0.15) is 0 Å². The maximum atomic E-state index is 10.7. The van der Waals surface area contributed by atoms with Crippen molar-refractivity contribution in [3.63, 3.8) is 0 Å². The Bertz CT molecular complexity index is 2390. The van der Waals surface area contributed by atoms with Crippen molar-refractivity contribution >= 4 is 11.9 Å². The minimum absolute atomic E-state index is 0.0579. The van der Waals surface area contributed by atoms with Gasteiger partial charge in [0.05, 0.1) is 131 Å². The summed E-state index contributed by atoms with van der Waals surface area (Å²) in [6.45, 7) is 46.7. The highest BCUT2D eigenvalue weighted by Crippen LogP contribution is 2.23. The van der Waals surface area contributed by atoms with E-state index >= 15 is 0 Å². The summed E-state index contributed by atoms with van der Waals surface area (Å²) in [6, 6.07) is 31.4. The highest BCUT2D eigenvalue weighted by atomic mass is 19.3. The molecular weight excluding hydrogens is 1230 g/mol. The molecule has 0 aromatic heterocycles. The molecule has 0 spiro atoms. The molecule has 7 saturated heterocycles. The molecule has 3 aromatic carbocycles. The zero-order valence-corrected chi connectivity index (χ0v) is 57.3. The third-order valence-corrected chi connectivity index (χ3v) is 13.1. The van der Waals surface area contributed by atoms with Crippen LogP contribution in [0.4, 0.5) is 4.53 Å².